The fraction of sp³-hybridized carbons (Fsp3) is 0.0714. The van der Waals surface area contributed by atoms with Crippen LogP contribution in [-0.4, -0.2) is 5.11 Å². The number of phenolic OH excluding ortho intramolecular Hbond substituents is 1. The third kappa shape index (κ3) is 3.08. The molecule has 3 heteroatoms. The Balaban J connectivity index is 2.29. The lowest BCUT2D eigenvalue weighted by Crippen LogP contribution is -1.97. The van der Waals surface area contributed by atoms with Crippen molar-refractivity contribution >= 4 is 12.2 Å². The molecule has 1 aromatic carbocycles. The van der Waals surface area contributed by atoms with E-state index in [0.29, 0.717) is 11.5 Å². The molecule has 1 heterocycles. The highest BCUT2D eigenvalue weighted by molar-refractivity contribution is 5.67. The second-order valence-corrected chi connectivity index (χ2v) is 3.73. The first kappa shape index (κ1) is 11.2. The average molecular weight is 228 g/mol. The SMILES string of the molecule is Cc1cc(=O)cc(/C=C/c2cccc(O)c2)o1. The Bertz CT molecular complexity index is 609. The first-order valence-electron chi connectivity index (χ1n) is 5.22. The van der Waals surface area contributed by atoms with E-state index >= 15 is 0 Å². The molecule has 0 bridgehead atoms. The van der Waals surface area contributed by atoms with Gasteiger partial charge in [0, 0.05) is 12.1 Å². The van der Waals surface area contributed by atoms with Gasteiger partial charge in [0.05, 0.1) is 0 Å². The van der Waals surface area contributed by atoms with Crippen molar-refractivity contribution in [1.82, 2.24) is 0 Å². The molecule has 0 radical (unpaired) electrons. The fourth-order valence-electron chi connectivity index (χ4n) is 1.52. The van der Waals surface area contributed by atoms with Crippen LogP contribution in [0.3, 0.4) is 0 Å². The quantitative estimate of drug-likeness (QED) is 0.859. The lowest BCUT2D eigenvalue weighted by atomic mass is 10.2. The van der Waals surface area contributed by atoms with Crippen LogP contribution in [-0.2, 0) is 0 Å². The van der Waals surface area contributed by atoms with E-state index in [4.69, 9.17) is 4.42 Å². The van der Waals surface area contributed by atoms with E-state index in [1.165, 1.54) is 12.1 Å². The summed E-state index contributed by atoms with van der Waals surface area (Å²) in [5, 5.41) is 9.29. The van der Waals surface area contributed by atoms with Crippen LogP contribution >= 0.6 is 0 Å². The Morgan fingerprint density at radius 2 is 2.00 bits per heavy atom. The molecule has 1 N–H and O–H groups in total. The number of rotatable bonds is 2. The van der Waals surface area contributed by atoms with Crippen LogP contribution < -0.4 is 5.43 Å². The maximum Gasteiger partial charge on any atom is 0.185 e. The third-order valence-electron chi connectivity index (χ3n) is 2.22. The molecular formula is C14H12O3. The van der Waals surface area contributed by atoms with Crippen molar-refractivity contribution in [2.45, 2.75) is 6.92 Å². The highest BCUT2D eigenvalue weighted by Gasteiger charge is 1.95. The minimum atomic E-state index is -0.0793. The molecule has 0 aliphatic carbocycles. The largest absolute Gasteiger partial charge is 0.508 e. The maximum atomic E-state index is 11.2. The van der Waals surface area contributed by atoms with Gasteiger partial charge in [0.1, 0.15) is 17.3 Å². The Morgan fingerprint density at radius 1 is 1.18 bits per heavy atom. The van der Waals surface area contributed by atoms with E-state index in [-0.39, 0.29) is 11.2 Å². The summed E-state index contributed by atoms with van der Waals surface area (Å²) in [6.07, 6.45) is 3.47. The second-order valence-electron chi connectivity index (χ2n) is 3.73. The summed E-state index contributed by atoms with van der Waals surface area (Å²) in [4.78, 5) is 11.2. The average Bonchev–Trinajstić information content (AvgIpc) is 2.25. The van der Waals surface area contributed by atoms with Crippen molar-refractivity contribution in [2.75, 3.05) is 0 Å². The molecule has 0 unspecified atom stereocenters. The zero-order valence-corrected chi connectivity index (χ0v) is 9.38. The summed E-state index contributed by atoms with van der Waals surface area (Å²) < 4.78 is 5.36. The van der Waals surface area contributed by atoms with Crippen molar-refractivity contribution in [3.8, 4) is 5.75 Å². The van der Waals surface area contributed by atoms with Gasteiger partial charge in [-0.25, -0.2) is 0 Å². The van der Waals surface area contributed by atoms with Gasteiger partial charge in [-0.3, -0.25) is 4.79 Å². The van der Waals surface area contributed by atoms with Crippen LogP contribution in [0.15, 0.2) is 45.6 Å². The van der Waals surface area contributed by atoms with Crippen LogP contribution in [0.4, 0.5) is 0 Å². The molecule has 0 spiro atoms. The van der Waals surface area contributed by atoms with Gasteiger partial charge in [0.25, 0.3) is 0 Å². The van der Waals surface area contributed by atoms with Gasteiger partial charge in [-0.15, -0.1) is 0 Å². The molecule has 0 atom stereocenters. The van der Waals surface area contributed by atoms with Gasteiger partial charge in [-0.2, -0.15) is 0 Å². The topological polar surface area (TPSA) is 50.4 Å². The van der Waals surface area contributed by atoms with Gasteiger partial charge in [0.2, 0.25) is 0 Å². The minimum Gasteiger partial charge on any atom is -0.508 e. The fourth-order valence-corrected chi connectivity index (χ4v) is 1.52. The predicted octanol–water partition coefficient (Wildman–Crippen LogP) is 2.82. The molecule has 17 heavy (non-hydrogen) atoms. The van der Waals surface area contributed by atoms with Crippen molar-refractivity contribution in [2.24, 2.45) is 0 Å². The van der Waals surface area contributed by atoms with Gasteiger partial charge < -0.3 is 9.52 Å². The smallest absolute Gasteiger partial charge is 0.185 e. The predicted molar refractivity (Wildman–Crippen MR) is 66.7 cm³/mol. The van der Waals surface area contributed by atoms with Gasteiger partial charge in [-0.1, -0.05) is 18.2 Å². The molecule has 0 aliphatic heterocycles. The number of hydrogen-bond donors (Lipinski definition) is 1. The Hall–Kier alpha value is -2.29. The number of aryl methyl sites for hydroxylation is 1. The second kappa shape index (κ2) is 4.70. The normalized spacial score (nSPS) is 10.9. The monoisotopic (exact) mass is 228 g/mol. The van der Waals surface area contributed by atoms with Crippen LogP contribution in [0.5, 0.6) is 5.75 Å². The molecule has 0 aliphatic rings. The highest BCUT2D eigenvalue weighted by atomic mass is 16.3. The van der Waals surface area contributed by atoms with Crippen LogP contribution in [0.25, 0.3) is 12.2 Å². The summed E-state index contributed by atoms with van der Waals surface area (Å²) in [6.45, 7) is 1.73. The molecule has 2 aromatic rings. The van der Waals surface area contributed by atoms with Crippen molar-refractivity contribution in [3.63, 3.8) is 0 Å². The van der Waals surface area contributed by atoms with Gasteiger partial charge in [0.15, 0.2) is 5.43 Å². The molecule has 2 rings (SSSR count). The number of phenols is 1. The summed E-state index contributed by atoms with van der Waals surface area (Å²) in [5.74, 6) is 1.28. The van der Waals surface area contributed by atoms with Crippen LogP contribution in [0, 0.1) is 6.92 Å². The van der Waals surface area contributed by atoms with Crippen LogP contribution in [0.1, 0.15) is 17.1 Å². The zero-order valence-electron chi connectivity index (χ0n) is 9.38. The molecular weight excluding hydrogens is 216 g/mol. The highest BCUT2D eigenvalue weighted by Crippen LogP contribution is 2.13. The van der Waals surface area contributed by atoms with Gasteiger partial charge in [-0.05, 0) is 30.7 Å². The molecule has 86 valence electrons. The van der Waals surface area contributed by atoms with E-state index in [1.807, 2.05) is 6.07 Å². The Morgan fingerprint density at radius 3 is 2.71 bits per heavy atom. The number of benzene rings is 1. The van der Waals surface area contributed by atoms with Crippen molar-refractivity contribution in [1.29, 1.82) is 0 Å². The molecule has 0 saturated carbocycles. The first-order chi connectivity index (χ1) is 8.13. The minimum absolute atomic E-state index is 0.0793. The molecule has 0 saturated heterocycles. The van der Waals surface area contributed by atoms with Crippen LogP contribution in [0.2, 0.25) is 0 Å². The lowest BCUT2D eigenvalue weighted by Gasteiger charge is -1.96. The van der Waals surface area contributed by atoms with E-state index < -0.39 is 0 Å². The zero-order chi connectivity index (χ0) is 12.3. The number of hydrogen-bond acceptors (Lipinski definition) is 3. The first-order valence-corrected chi connectivity index (χ1v) is 5.22. The summed E-state index contributed by atoms with van der Waals surface area (Å²) in [7, 11) is 0. The lowest BCUT2D eigenvalue weighted by molar-refractivity contribution is 0.475. The Labute approximate surface area is 98.7 Å². The van der Waals surface area contributed by atoms with Crippen molar-refractivity contribution < 1.29 is 9.52 Å². The standard InChI is InChI=1S/C14H12O3/c1-10-7-13(16)9-14(17-10)6-5-11-3-2-4-12(15)8-11/h2-9,15H,1H3/b6-5+. The summed E-state index contributed by atoms with van der Waals surface area (Å²) >= 11 is 0. The Kier molecular flexibility index (Phi) is 3.10. The summed E-state index contributed by atoms with van der Waals surface area (Å²) in [6, 6.07) is 9.69. The van der Waals surface area contributed by atoms with E-state index in [2.05, 4.69) is 0 Å². The summed E-state index contributed by atoms with van der Waals surface area (Å²) in [5.41, 5.74) is 0.762. The number of aromatic hydroxyl groups is 1. The molecule has 1 aromatic heterocycles. The molecule has 0 amide bonds. The van der Waals surface area contributed by atoms with E-state index in [0.717, 1.165) is 5.56 Å². The molecule has 0 fully saturated rings. The van der Waals surface area contributed by atoms with Crippen molar-refractivity contribution in [3.05, 3.63) is 63.7 Å². The van der Waals surface area contributed by atoms with E-state index in [1.54, 1.807) is 37.3 Å². The third-order valence-corrected chi connectivity index (χ3v) is 2.22. The van der Waals surface area contributed by atoms with Gasteiger partial charge >= 0.3 is 0 Å². The maximum absolute atomic E-state index is 11.2. The molecule has 3 nitrogen and oxygen atoms in total. The van der Waals surface area contributed by atoms with E-state index in [9.17, 15) is 9.90 Å².